The quantitative estimate of drug-likeness (QED) is 0.563. The van der Waals surface area contributed by atoms with Crippen molar-refractivity contribution < 1.29 is 9.59 Å². The monoisotopic (exact) mass is 414 g/mol. The molecule has 2 N–H and O–H groups in total. The Hall–Kier alpha value is -2.57. The fourth-order valence-electron chi connectivity index (χ4n) is 3.31. The molecule has 2 amide bonds. The number of hydrogen-bond donors (Lipinski definition) is 2. The summed E-state index contributed by atoms with van der Waals surface area (Å²) in [6.45, 7) is 7.24. The van der Waals surface area contributed by atoms with E-state index in [-0.39, 0.29) is 0 Å². The first-order valence-corrected chi connectivity index (χ1v) is 10.3. The predicted octanol–water partition coefficient (Wildman–Crippen LogP) is 2.92. The Kier molecular flexibility index (Phi) is 7.49. The smallest absolute Gasteiger partial charge is 0.313 e. The van der Waals surface area contributed by atoms with Gasteiger partial charge in [0.05, 0.1) is 0 Å². The first kappa shape index (κ1) is 21.1. The molecule has 154 valence electrons. The molecule has 0 atom stereocenters. The highest BCUT2D eigenvalue weighted by Gasteiger charge is 2.17. The molecule has 1 fully saturated rings. The van der Waals surface area contributed by atoms with Gasteiger partial charge in [-0.25, -0.2) is 0 Å². The van der Waals surface area contributed by atoms with Gasteiger partial charge in [-0.3, -0.25) is 14.5 Å². The number of benzene rings is 2. The molecule has 0 unspecified atom stereocenters. The molecule has 1 aliphatic rings. The number of piperazine rings is 1. The molecule has 7 heteroatoms. The summed E-state index contributed by atoms with van der Waals surface area (Å²) in [5, 5.41) is 5.80. The zero-order chi connectivity index (χ0) is 20.6. The van der Waals surface area contributed by atoms with Crippen LogP contribution in [0.15, 0.2) is 48.5 Å². The summed E-state index contributed by atoms with van der Waals surface area (Å²) >= 11 is 6.04. The molecule has 3 rings (SSSR count). The van der Waals surface area contributed by atoms with Gasteiger partial charge in [-0.15, -0.1) is 0 Å². The van der Waals surface area contributed by atoms with Crippen molar-refractivity contribution in [3.8, 4) is 0 Å². The minimum absolute atomic E-state index is 0.472. The van der Waals surface area contributed by atoms with Gasteiger partial charge in [0, 0.05) is 49.1 Å². The molecule has 2 aromatic rings. The molecule has 0 bridgehead atoms. The average molecular weight is 415 g/mol. The van der Waals surface area contributed by atoms with E-state index in [4.69, 9.17) is 11.6 Å². The molecule has 0 aliphatic carbocycles. The molecule has 1 aliphatic heterocycles. The number of anilines is 2. The summed E-state index contributed by atoms with van der Waals surface area (Å²) in [4.78, 5) is 28.7. The molecule has 0 aromatic heterocycles. The van der Waals surface area contributed by atoms with Gasteiger partial charge >= 0.3 is 11.8 Å². The highest BCUT2D eigenvalue weighted by atomic mass is 35.5. The second-order valence-electron chi connectivity index (χ2n) is 7.19. The van der Waals surface area contributed by atoms with Crippen LogP contribution in [-0.4, -0.2) is 56.0 Å². The maximum Gasteiger partial charge on any atom is 0.313 e. The number of carbonyl (C=O) groups excluding carboxylic acids is 2. The van der Waals surface area contributed by atoms with Gasteiger partial charge in [0.25, 0.3) is 0 Å². The van der Waals surface area contributed by atoms with Gasteiger partial charge < -0.3 is 15.5 Å². The highest BCUT2D eigenvalue weighted by molar-refractivity contribution is 6.39. The second kappa shape index (κ2) is 10.3. The predicted molar refractivity (Wildman–Crippen MR) is 118 cm³/mol. The van der Waals surface area contributed by atoms with Gasteiger partial charge in [-0.05, 0) is 49.7 Å². The van der Waals surface area contributed by atoms with Crippen LogP contribution in [0, 0.1) is 6.92 Å². The van der Waals surface area contributed by atoms with Crippen LogP contribution in [0.5, 0.6) is 0 Å². The van der Waals surface area contributed by atoms with E-state index in [9.17, 15) is 9.59 Å². The minimum atomic E-state index is -0.679. The number of nitrogens with one attached hydrogen (secondary N) is 2. The van der Waals surface area contributed by atoms with Crippen LogP contribution in [0.2, 0.25) is 5.02 Å². The Bertz CT molecular complexity index is 836. The van der Waals surface area contributed by atoms with Crippen molar-refractivity contribution >= 4 is 34.8 Å². The van der Waals surface area contributed by atoms with Gasteiger partial charge in [0.2, 0.25) is 0 Å². The number of carbonyl (C=O) groups is 2. The third-order valence-corrected chi connectivity index (χ3v) is 5.47. The van der Waals surface area contributed by atoms with E-state index in [1.807, 2.05) is 13.0 Å². The lowest BCUT2D eigenvalue weighted by molar-refractivity contribution is -0.136. The third-order valence-electron chi connectivity index (χ3n) is 5.07. The lowest BCUT2D eigenvalue weighted by Crippen LogP contribution is -2.47. The molecule has 0 radical (unpaired) electrons. The van der Waals surface area contributed by atoms with Crippen LogP contribution in [0.25, 0.3) is 0 Å². The maximum absolute atomic E-state index is 12.0. The first-order valence-electron chi connectivity index (χ1n) is 9.90. The largest absolute Gasteiger partial charge is 0.369 e. The van der Waals surface area contributed by atoms with Gasteiger partial charge in [0.15, 0.2) is 0 Å². The van der Waals surface area contributed by atoms with E-state index in [1.54, 1.807) is 18.2 Å². The number of amides is 2. The van der Waals surface area contributed by atoms with Crippen LogP contribution in [0.1, 0.15) is 12.0 Å². The summed E-state index contributed by atoms with van der Waals surface area (Å²) in [6.07, 6.45) is 0.806. The molecular weight excluding hydrogens is 388 g/mol. The van der Waals surface area contributed by atoms with Crippen LogP contribution in [-0.2, 0) is 9.59 Å². The van der Waals surface area contributed by atoms with E-state index in [1.165, 1.54) is 5.69 Å². The van der Waals surface area contributed by atoms with E-state index >= 15 is 0 Å². The Labute approximate surface area is 176 Å². The Morgan fingerprint density at radius 3 is 2.41 bits per heavy atom. The first-order chi connectivity index (χ1) is 14.0. The number of aryl methyl sites for hydroxylation is 1. The Balaban J connectivity index is 1.32. The Morgan fingerprint density at radius 1 is 1.00 bits per heavy atom. The number of nitrogens with zero attached hydrogens (tertiary/aromatic N) is 2. The van der Waals surface area contributed by atoms with Crippen molar-refractivity contribution in [2.45, 2.75) is 13.3 Å². The van der Waals surface area contributed by atoms with Gasteiger partial charge in [-0.2, -0.15) is 0 Å². The average Bonchev–Trinajstić information content (AvgIpc) is 2.74. The third kappa shape index (κ3) is 6.21. The highest BCUT2D eigenvalue weighted by Crippen LogP contribution is 2.20. The summed E-state index contributed by atoms with van der Waals surface area (Å²) < 4.78 is 0. The topological polar surface area (TPSA) is 64.7 Å². The van der Waals surface area contributed by atoms with Crippen LogP contribution in [0.3, 0.4) is 0 Å². The molecular formula is C22H27ClN4O2. The van der Waals surface area contributed by atoms with Gasteiger partial charge in [-0.1, -0.05) is 35.9 Å². The molecule has 29 heavy (non-hydrogen) atoms. The van der Waals surface area contributed by atoms with Crippen LogP contribution >= 0.6 is 11.6 Å². The number of halogens is 1. The van der Waals surface area contributed by atoms with Crippen LogP contribution in [0.4, 0.5) is 11.4 Å². The molecule has 6 nitrogen and oxygen atoms in total. The summed E-state index contributed by atoms with van der Waals surface area (Å²) in [6, 6.07) is 15.6. The van der Waals surface area contributed by atoms with Crippen molar-refractivity contribution in [3.05, 3.63) is 59.1 Å². The van der Waals surface area contributed by atoms with Gasteiger partial charge in [0.1, 0.15) is 0 Å². The van der Waals surface area contributed by atoms with E-state index < -0.39 is 11.8 Å². The van der Waals surface area contributed by atoms with Crippen molar-refractivity contribution in [3.63, 3.8) is 0 Å². The van der Waals surface area contributed by atoms with Crippen molar-refractivity contribution in [2.24, 2.45) is 0 Å². The second-order valence-corrected chi connectivity index (χ2v) is 7.60. The summed E-state index contributed by atoms with van der Waals surface area (Å²) in [7, 11) is 0. The molecule has 0 spiro atoms. The minimum Gasteiger partial charge on any atom is -0.369 e. The molecule has 1 heterocycles. The lowest BCUT2D eigenvalue weighted by Gasteiger charge is -2.36. The number of rotatable bonds is 6. The van der Waals surface area contributed by atoms with E-state index in [2.05, 4.69) is 44.7 Å². The normalized spacial score (nSPS) is 14.5. The Morgan fingerprint density at radius 2 is 1.72 bits per heavy atom. The summed E-state index contributed by atoms with van der Waals surface area (Å²) in [5.74, 6) is -1.31. The maximum atomic E-state index is 12.0. The van der Waals surface area contributed by atoms with Crippen molar-refractivity contribution in [1.29, 1.82) is 0 Å². The van der Waals surface area contributed by atoms with Crippen molar-refractivity contribution in [2.75, 3.05) is 49.5 Å². The summed E-state index contributed by atoms with van der Waals surface area (Å²) in [5.41, 5.74) is 2.69. The fraction of sp³-hybridized carbons (Fsp3) is 0.364. The van der Waals surface area contributed by atoms with Crippen LogP contribution < -0.4 is 15.5 Å². The molecule has 2 aromatic carbocycles. The number of hydrogen-bond acceptors (Lipinski definition) is 4. The zero-order valence-corrected chi connectivity index (χ0v) is 17.4. The lowest BCUT2D eigenvalue weighted by atomic mass is 10.2. The van der Waals surface area contributed by atoms with E-state index in [0.717, 1.165) is 44.7 Å². The zero-order valence-electron chi connectivity index (χ0n) is 16.7. The SMILES string of the molecule is Cc1ccc(NC(=O)C(=O)NCCCN2CCN(c3ccccc3)CC2)cc1Cl. The molecule has 0 saturated carbocycles. The standard InChI is InChI=1S/C22H27ClN4O2/c1-17-8-9-18(16-20(17)23)25-22(29)21(28)24-10-5-11-26-12-14-27(15-13-26)19-6-3-2-4-7-19/h2-4,6-9,16H,5,10-15H2,1H3,(H,24,28)(H,25,29). The van der Waals surface area contributed by atoms with E-state index in [0.29, 0.717) is 17.3 Å². The molecule has 1 saturated heterocycles. The van der Waals surface area contributed by atoms with Crippen molar-refractivity contribution in [1.82, 2.24) is 10.2 Å². The number of para-hydroxylation sites is 1. The fourth-order valence-corrected chi connectivity index (χ4v) is 3.49.